The summed E-state index contributed by atoms with van der Waals surface area (Å²) >= 11 is 0. The molecule has 0 spiro atoms. The van der Waals surface area contributed by atoms with Crippen LogP contribution in [0, 0.1) is 0 Å². The highest BCUT2D eigenvalue weighted by atomic mass is 15.1. The number of imidazole rings is 1. The molecule has 0 radical (unpaired) electrons. The van der Waals surface area contributed by atoms with E-state index >= 15 is 0 Å². The number of aromatic amines is 1. The van der Waals surface area contributed by atoms with Gasteiger partial charge in [-0.3, -0.25) is 0 Å². The molecule has 2 aromatic carbocycles. The van der Waals surface area contributed by atoms with Crippen molar-refractivity contribution in [2.45, 2.75) is 19.9 Å². The second-order valence-electron chi connectivity index (χ2n) is 5.02. The molecular formula is C16H19N4+. The second kappa shape index (κ2) is 4.89. The number of aryl methyl sites for hydroxylation is 1. The molecule has 0 aliphatic carbocycles. The van der Waals surface area contributed by atoms with Crippen LogP contribution in [0.4, 0.5) is 11.4 Å². The Morgan fingerprint density at radius 2 is 1.70 bits per heavy atom. The molecule has 3 rings (SSSR count). The van der Waals surface area contributed by atoms with Gasteiger partial charge in [0, 0.05) is 17.4 Å². The molecule has 0 unspecified atom stereocenters. The molecule has 5 N–H and O–H groups in total. The number of nitrogens with zero attached hydrogens (tertiary/aromatic N) is 1. The number of hydrogen-bond donors (Lipinski definition) is 3. The van der Waals surface area contributed by atoms with E-state index in [0.29, 0.717) is 0 Å². The number of nitrogen functional groups attached to an aromatic ring is 2. The summed E-state index contributed by atoms with van der Waals surface area (Å²) in [6, 6.07) is 13.9. The highest BCUT2D eigenvalue weighted by molar-refractivity contribution is 5.78. The average molecular weight is 267 g/mol. The predicted octanol–water partition coefficient (Wildman–Crippen LogP) is 2.70. The SMILES string of the molecule is CCC[n+]1c(-c2ccc(N)cc2)[nH]c2ccc(N)cc21. The molecule has 0 amide bonds. The Balaban J connectivity index is 2.23. The maximum atomic E-state index is 5.91. The van der Waals surface area contributed by atoms with E-state index in [2.05, 4.69) is 16.5 Å². The summed E-state index contributed by atoms with van der Waals surface area (Å²) in [7, 11) is 0. The first-order valence-corrected chi connectivity index (χ1v) is 6.86. The molecule has 0 bridgehead atoms. The molecule has 0 aliphatic heterocycles. The van der Waals surface area contributed by atoms with Crippen molar-refractivity contribution in [2.24, 2.45) is 0 Å². The van der Waals surface area contributed by atoms with Crippen molar-refractivity contribution < 1.29 is 4.57 Å². The van der Waals surface area contributed by atoms with Crippen LogP contribution in [0.3, 0.4) is 0 Å². The van der Waals surface area contributed by atoms with Crippen LogP contribution < -0.4 is 16.0 Å². The Bertz CT molecular complexity index is 741. The summed E-state index contributed by atoms with van der Waals surface area (Å²) in [6.45, 7) is 3.12. The minimum atomic E-state index is 0.774. The van der Waals surface area contributed by atoms with E-state index in [-0.39, 0.29) is 0 Å². The maximum Gasteiger partial charge on any atom is 0.287 e. The molecule has 102 valence electrons. The minimum absolute atomic E-state index is 0.774. The van der Waals surface area contributed by atoms with Crippen LogP contribution in [-0.2, 0) is 6.54 Å². The Labute approximate surface area is 118 Å². The first kappa shape index (κ1) is 12.5. The van der Waals surface area contributed by atoms with Crippen LogP contribution in [0.25, 0.3) is 22.4 Å². The Kier molecular flexibility index (Phi) is 3.06. The standard InChI is InChI=1S/C16H18N4/c1-2-9-20-15-10-13(18)7-8-14(15)19-16(20)11-3-5-12(17)6-4-11/h3-8,10H,2,9,18H2,1H3,(H2,17,19)/p+1. The van der Waals surface area contributed by atoms with Gasteiger partial charge in [-0.15, -0.1) is 0 Å². The van der Waals surface area contributed by atoms with Gasteiger partial charge in [-0.25, -0.2) is 9.55 Å². The number of benzene rings is 2. The van der Waals surface area contributed by atoms with Crippen molar-refractivity contribution in [3.63, 3.8) is 0 Å². The minimum Gasteiger partial charge on any atom is -0.399 e. The quantitative estimate of drug-likeness (QED) is 0.504. The number of hydrogen-bond acceptors (Lipinski definition) is 2. The fraction of sp³-hybridized carbons (Fsp3) is 0.188. The van der Waals surface area contributed by atoms with Crippen molar-refractivity contribution in [3.8, 4) is 11.4 Å². The van der Waals surface area contributed by atoms with Crippen molar-refractivity contribution in [2.75, 3.05) is 11.5 Å². The molecule has 4 heteroatoms. The third kappa shape index (κ3) is 2.09. The lowest BCUT2D eigenvalue weighted by Crippen LogP contribution is -2.34. The van der Waals surface area contributed by atoms with Gasteiger partial charge in [0.05, 0.1) is 12.1 Å². The normalized spacial score (nSPS) is 11.1. The molecule has 0 saturated heterocycles. The lowest BCUT2D eigenvalue weighted by Gasteiger charge is -2.01. The third-order valence-corrected chi connectivity index (χ3v) is 3.47. The Hall–Kier alpha value is -2.49. The number of H-pyrrole nitrogens is 1. The Morgan fingerprint density at radius 3 is 2.40 bits per heavy atom. The topological polar surface area (TPSA) is 71.7 Å². The fourth-order valence-electron chi connectivity index (χ4n) is 2.52. The van der Waals surface area contributed by atoms with E-state index in [4.69, 9.17) is 11.5 Å². The van der Waals surface area contributed by atoms with E-state index in [1.165, 1.54) is 0 Å². The van der Waals surface area contributed by atoms with Crippen molar-refractivity contribution in [1.82, 2.24) is 4.98 Å². The fourth-order valence-corrected chi connectivity index (χ4v) is 2.52. The lowest BCUT2D eigenvalue weighted by molar-refractivity contribution is -0.660. The van der Waals surface area contributed by atoms with E-state index in [1.807, 2.05) is 42.5 Å². The van der Waals surface area contributed by atoms with Gasteiger partial charge in [-0.2, -0.15) is 0 Å². The van der Waals surface area contributed by atoms with Gasteiger partial charge in [0.15, 0.2) is 11.0 Å². The number of anilines is 2. The van der Waals surface area contributed by atoms with Gasteiger partial charge >= 0.3 is 0 Å². The summed E-state index contributed by atoms with van der Waals surface area (Å²) in [5.41, 5.74) is 16.6. The average Bonchev–Trinajstić information content (AvgIpc) is 2.79. The number of nitrogens with one attached hydrogen (secondary N) is 1. The Morgan fingerprint density at radius 1 is 1.00 bits per heavy atom. The monoisotopic (exact) mass is 267 g/mol. The zero-order chi connectivity index (χ0) is 14.1. The molecule has 0 saturated carbocycles. The molecule has 1 heterocycles. The van der Waals surface area contributed by atoms with Gasteiger partial charge in [0.1, 0.15) is 0 Å². The van der Waals surface area contributed by atoms with Gasteiger partial charge in [0.25, 0.3) is 5.82 Å². The molecule has 4 nitrogen and oxygen atoms in total. The van der Waals surface area contributed by atoms with Crippen molar-refractivity contribution >= 4 is 22.4 Å². The zero-order valence-electron chi connectivity index (χ0n) is 11.6. The van der Waals surface area contributed by atoms with E-state index in [0.717, 1.165) is 46.8 Å². The zero-order valence-corrected chi connectivity index (χ0v) is 11.6. The molecule has 0 atom stereocenters. The van der Waals surface area contributed by atoms with Gasteiger partial charge in [0.2, 0.25) is 0 Å². The first-order valence-electron chi connectivity index (χ1n) is 6.86. The number of aromatic nitrogens is 2. The molecule has 0 fully saturated rings. The molecule has 0 aliphatic rings. The largest absolute Gasteiger partial charge is 0.399 e. The van der Waals surface area contributed by atoms with Crippen LogP contribution in [-0.4, -0.2) is 4.98 Å². The summed E-state index contributed by atoms with van der Waals surface area (Å²) in [5.74, 6) is 1.09. The highest BCUT2D eigenvalue weighted by Gasteiger charge is 2.19. The van der Waals surface area contributed by atoms with Crippen molar-refractivity contribution in [1.29, 1.82) is 0 Å². The van der Waals surface area contributed by atoms with Gasteiger partial charge in [-0.05, 0) is 42.8 Å². The van der Waals surface area contributed by atoms with Crippen LogP contribution in [0.2, 0.25) is 0 Å². The summed E-state index contributed by atoms with van der Waals surface area (Å²) in [4.78, 5) is 3.48. The molecule has 3 aromatic rings. The number of fused-ring (bicyclic) bond motifs is 1. The van der Waals surface area contributed by atoms with E-state index < -0.39 is 0 Å². The predicted molar refractivity (Wildman–Crippen MR) is 83.0 cm³/mol. The third-order valence-electron chi connectivity index (χ3n) is 3.47. The van der Waals surface area contributed by atoms with Crippen molar-refractivity contribution in [3.05, 3.63) is 42.5 Å². The highest BCUT2D eigenvalue weighted by Crippen LogP contribution is 2.21. The van der Waals surface area contributed by atoms with E-state index in [9.17, 15) is 0 Å². The summed E-state index contributed by atoms with van der Waals surface area (Å²) in [6.07, 6.45) is 1.06. The molecule has 1 aromatic heterocycles. The van der Waals surface area contributed by atoms with Crippen LogP contribution in [0.15, 0.2) is 42.5 Å². The molecular weight excluding hydrogens is 248 g/mol. The summed E-state index contributed by atoms with van der Waals surface area (Å²) < 4.78 is 2.28. The van der Waals surface area contributed by atoms with Crippen LogP contribution in [0.1, 0.15) is 13.3 Å². The second-order valence-corrected chi connectivity index (χ2v) is 5.02. The van der Waals surface area contributed by atoms with Crippen LogP contribution >= 0.6 is 0 Å². The lowest BCUT2D eigenvalue weighted by atomic mass is 10.2. The first-order chi connectivity index (χ1) is 9.69. The van der Waals surface area contributed by atoms with Gasteiger partial charge < -0.3 is 11.5 Å². The molecule has 20 heavy (non-hydrogen) atoms. The van der Waals surface area contributed by atoms with E-state index in [1.54, 1.807) is 0 Å². The summed E-state index contributed by atoms with van der Waals surface area (Å²) in [5, 5.41) is 0. The number of rotatable bonds is 3. The smallest absolute Gasteiger partial charge is 0.287 e. The van der Waals surface area contributed by atoms with Gasteiger partial charge in [-0.1, -0.05) is 6.92 Å². The van der Waals surface area contributed by atoms with Crippen LogP contribution in [0.5, 0.6) is 0 Å². The number of nitrogens with two attached hydrogens (primary N) is 2. The maximum absolute atomic E-state index is 5.91.